The van der Waals surface area contributed by atoms with Gasteiger partial charge in [-0.1, -0.05) is 63.1 Å². The van der Waals surface area contributed by atoms with Gasteiger partial charge in [-0.3, -0.25) is 0 Å². The van der Waals surface area contributed by atoms with Gasteiger partial charge in [-0.25, -0.2) is 0 Å². The van der Waals surface area contributed by atoms with Crippen molar-refractivity contribution < 1.29 is 4.74 Å². The summed E-state index contributed by atoms with van der Waals surface area (Å²) in [5.41, 5.74) is 5.76. The first-order valence-electron chi connectivity index (χ1n) is 10.2. The number of nitrogens with one attached hydrogen (secondary N) is 2. The average molecular weight is 378 g/mol. The summed E-state index contributed by atoms with van der Waals surface area (Å²) in [6, 6.07) is 6.38. The second kappa shape index (κ2) is 10.2. The number of hydrazone groups is 1. The topological polar surface area (TPSA) is 45.6 Å². The zero-order valence-corrected chi connectivity index (χ0v) is 16.7. The van der Waals surface area contributed by atoms with Crippen molar-refractivity contribution in [1.29, 1.82) is 0 Å². The molecule has 0 amide bonds. The smallest absolute Gasteiger partial charge is 0.137 e. The van der Waals surface area contributed by atoms with Gasteiger partial charge in [0.15, 0.2) is 0 Å². The van der Waals surface area contributed by atoms with Crippen molar-refractivity contribution in [3.63, 3.8) is 0 Å². The summed E-state index contributed by atoms with van der Waals surface area (Å²) in [5.74, 6) is 1.22. The van der Waals surface area contributed by atoms with Crippen LogP contribution < -0.4 is 15.5 Å². The van der Waals surface area contributed by atoms with E-state index in [2.05, 4.69) is 28.8 Å². The summed E-state index contributed by atoms with van der Waals surface area (Å²) in [4.78, 5) is 0. The predicted octanol–water partition coefficient (Wildman–Crippen LogP) is 5.08. The molecule has 0 aliphatic carbocycles. The van der Waals surface area contributed by atoms with Gasteiger partial charge in [-0.2, -0.15) is 5.10 Å². The van der Waals surface area contributed by atoms with Crippen LogP contribution in [-0.2, 0) is 0 Å². The number of halogens is 1. The number of rotatable bonds is 10. The van der Waals surface area contributed by atoms with Crippen LogP contribution in [-0.4, -0.2) is 25.4 Å². The third-order valence-electron chi connectivity index (χ3n) is 5.42. The Kier molecular flexibility index (Phi) is 7.63. The molecule has 0 saturated carbocycles. The van der Waals surface area contributed by atoms with E-state index >= 15 is 0 Å². The Bertz CT molecular complexity index is 605. The van der Waals surface area contributed by atoms with Crippen LogP contribution in [0.1, 0.15) is 69.9 Å². The van der Waals surface area contributed by atoms with Gasteiger partial charge in [0, 0.05) is 31.1 Å². The lowest BCUT2D eigenvalue weighted by Gasteiger charge is -2.25. The largest absolute Gasteiger partial charge is 0.492 e. The zero-order valence-electron chi connectivity index (χ0n) is 15.9. The second-order valence-corrected chi connectivity index (χ2v) is 7.84. The highest BCUT2D eigenvalue weighted by Crippen LogP contribution is 2.34. The van der Waals surface area contributed by atoms with Crippen LogP contribution in [0.15, 0.2) is 23.3 Å². The van der Waals surface area contributed by atoms with Gasteiger partial charge < -0.3 is 15.5 Å². The quantitative estimate of drug-likeness (QED) is 0.559. The van der Waals surface area contributed by atoms with E-state index in [1.807, 2.05) is 12.1 Å². The third-order valence-corrected chi connectivity index (χ3v) is 5.72. The molecule has 26 heavy (non-hydrogen) atoms. The predicted molar refractivity (Wildman–Crippen MR) is 109 cm³/mol. The molecular formula is C21H32ClN3O. The van der Waals surface area contributed by atoms with E-state index in [4.69, 9.17) is 16.3 Å². The SMILES string of the molecule is CCCCCCCCCOc1ccc(C2NN=C3CCNCC32)cc1Cl. The number of hydrogen-bond acceptors (Lipinski definition) is 4. The normalized spacial score (nSPS) is 21.8. The minimum absolute atomic E-state index is 0.215. The highest BCUT2D eigenvalue weighted by Gasteiger charge is 2.34. The molecule has 2 heterocycles. The van der Waals surface area contributed by atoms with Gasteiger partial charge in [0.25, 0.3) is 0 Å². The van der Waals surface area contributed by atoms with Crippen LogP contribution in [0.4, 0.5) is 0 Å². The Morgan fingerprint density at radius 1 is 1.15 bits per heavy atom. The molecule has 5 heteroatoms. The van der Waals surface area contributed by atoms with Crippen LogP contribution in [0.25, 0.3) is 0 Å². The number of piperidine rings is 1. The van der Waals surface area contributed by atoms with Gasteiger partial charge in [-0.15, -0.1) is 0 Å². The standard InChI is InChI=1S/C21H32ClN3O/c1-2-3-4-5-6-7-8-13-26-20-10-9-16(14-18(20)22)21-17-15-23-12-11-19(17)24-25-21/h9-10,14,17,21,23,25H,2-8,11-13,15H2,1H3. The van der Waals surface area contributed by atoms with E-state index in [1.54, 1.807) is 0 Å². The molecule has 1 aromatic rings. The van der Waals surface area contributed by atoms with Crippen molar-refractivity contribution in [1.82, 2.24) is 10.7 Å². The molecule has 1 saturated heterocycles. The van der Waals surface area contributed by atoms with Gasteiger partial charge in [0.05, 0.1) is 17.7 Å². The first-order chi connectivity index (χ1) is 12.8. The minimum atomic E-state index is 0.215. The van der Waals surface area contributed by atoms with Crippen molar-refractivity contribution in [3.8, 4) is 5.75 Å². The highest BCUT2D eigenvalue weighted by molar-refractivity contribution is 6.32. The summed E-state index contributed by atoms with van der Waals surface area (Å²) in [7, 11) is 0. The first-order valence-corrected chi connectivity index (χ1v) is 10.6. The van der Waals surface area contributed by atoms with Crippen LogP contribution in [0.2, 0.25) is 5.02 Å². The van der Waals surface area contributed by atoms with Gasteiger partial charge in [0.1, 0.15) is 5.75 Å². The zero-order chi connectivity index (χ0) is 18.2. The second-order valence-electron chi connectivity index (χ2n) is 7.43. The summed E-state index contributed by atoms with van der Waals surface area (Å²) in [6.45, 7) is 5.00. The summed E-state index contributed by atoms with van der Waals surface area (Å²) in [5, 5.41) is 8.67. The molecular weight excluding hydrogens is 346 g/mol. The van der Waals surface area contributed by atoms with E-state index in [-0.39, 0.29) is 6.04 Å². The molecule has 3 rings (SSSR count). The summed E-state index contributed by atoms with van der Waals surface area (Å²) < 4.78 is 5.90. The van der Waals surface area contributed by atoms with Crippen LogP contribution in [0, 0.1) is 5.92 Å². The molecule has 1 aromatic carbocycles. The van der Waals surface area contributed by atoms with Crippen molar-refractivity contribution in [2.45, 2.75) is 64.3 Å². The first kappa shape index (κ1) is 19.5. The maximum absolute atomic E-state index is 6.47. The molecule has 2 aliphatic heterocycles. The molecule has 2 atom stereocenters. The number of nitrogens with zero attached hydrogens (tertiary/aromatic N) is 1. The van der Waals surface area contributed by atoms with Gasteiger partial charge >= 0.3 is 0 Å². The van der Waals surface area contributed by atoms with E-state index in [1.165, 1.54) is 49.8 Å². The van der Waals surface area contributed by atoms with Crippen molar-refractivity contribution in [2.24, 2.45) is 11.0 Å². The Balaban J connectivity index is 1.43. The fraction of sp³-hybridized carbons (Fsp3) is 0.667. The minimum Gasteiger partial charge on any atom is -0.492 e. The average Bonchev–Trinajstić information content (AvgIpc) is 3.09. The molecule has 144 valence electrons. The Morgan fingerprint density at radius 2 is 1.96 bits per heavy atom. The van der Waals surface area contributed by atoms with Crippen molar-refractivity contribution in [2.75, 3.05) is 19.7 Å². The highest BCUT2D eigenvalue weighted by atomic mass is 35.5. The molecule has 0 radical (unpaired) electrons. The number of unbranched alkanes of at least 4 members (excludes halogenated alkanes) is 6. The fourth-order valence-corrected chi connectivity index (χ4v) is 4.09. The van der Waals surface area contributed by atoms with Crippen LogP contribution in [0.5, 0.6) is 5.75 Å². The third kappa shape index (κ3) is 5.14. The molecule has 0 bridgehead atoms. The Hall–Kier alpha value is -1.26. The number of hydrogen-bond donors (Lipinski definition) is 2. The molecule has 2 aliphatic rings. The molecule has 1 fully saturated rings. The van der Waals surface area contributed by atoms with Crippen molar-refractivity contribution >= 4 is 17.3 Å². The summed E-state index contributed by atoms with van der Waals surface area (Å²) >= 11 is 6.47. The number of fused-ring (bicyclic) bond motifs is 1. The lowest BCUT2D eigenvalue weighted by Crippen LogP contribution is -2.38. The van der Waals surface area contributed by atoms with Gasteiger partial charge in [0.2, 0.25) is 0 Å². The van der Waals surface area contributed by atoms with E-state index in [0.29, 0.717) is 10.9 Å². The summed E-state index contributed by atoms with van der Waals surface area (Å²) in [6.07, 6.45) is 10.0. The maximum Gasteiger partial charge on any atom is 0.137 e. The molecule has 0 aromatic heterocycles. The number of ether oxygens (including phenoxy) is 1. The number of benzene rings is 1. The van der Waals surface area contributed by atoms with E-state index in [9.17, 15) is 0 Å². The molecule has 0 spiro atoms. The molecule has 2 N–H and O–H groups in total. The Labute approximate surface area is 162 Å². The van der Waals surface area contributed by atoms with Gasteiger partial charge in [-0.05, 0) is 24.1 Å². The fourth-order valence-electron chi connectivity index (χ4n) is 3.84. The van der Waals surface area contributed by atoms with Crippen LogP contribution in [0.3, 0.4) is 0 Å². The lowest BCUT2D eigenvalue weighted by molar-refractivity contribution is 0.304. The molecule has 4 nitrogen and oxygen atoms in total. The lowest BCUT2D eigenvalue weighted by atomic mass is 9.87. The van der Waals surface area contributed by atoms with E-state index < -0.39 is 0 Å². The Morgan fingerprint density at radius 3 is 2.77 bits per heavy atom. The maximum atomic E-state index is 6.47. The monoisotopic (exact) mass is 377 g/mol. The molecule has 2 unspecified atom stereocenters. The van der Waals surface area contributed by atoms with Crippen LogP contribution >= 0.6 is 11.6 Å². The van der Waals surface area contributed by atoms with Crippen molar-refractivity contribution in [3.05, 3.63) is 28.8 Å². The van der Waals surface area contributed by atoms with E-state index in [0.717, 1.165) is 38.3 Å².